The van der Waals surface area contributed by atoms with Crippen molar-refractivity contribution in [3.05, 3.63) is 47.5 Å². The molecule has 3 rings (SSSR count). The summed E-state index contributed by atoms with van der Waals surface area (Å²) in [6, 6.07) is 12.7. The van der Waals surface area contributed by atoms with Crippen molar-refractivity contribution in [1.82, 2.24) is 10.4 Å². The molecule has 2 aromatic carbocycles. The fourth-order valence-electron chi connectivity index (χ4n) is 2.83. The second-order valence-corrected chi connectivity index (χ2v) is 7.34. The van der Waals surface area contributed by atoms with Crippen molar-refractivity contribution in [3.8, 4) is 0 Å². The van der Waals surface area contributed by atoms with Gasteiger partial charge in [0.2, 0.25) is 0 Å². The second-order valence-electron chi connectivity index (χ2n) is 6.38. The number of rotatable bonds is 4. The molecule has 0 saturated heterocycles. The summed E-state index contributed by atoms with van der Waals surface area (Å²) in [6.45, 7) is 6.84. The molecule has 24 heavy (non-hydrogen) atoms. The van der Waals surface area contributed by atoms with Gasteiger partial charge in [-0.3, -0.25) is 10.2 Å². The van der Waals surface area contributed by atoms with Crippen LogP contribution in [0.15, 0.2) is 41.4 Å². The molecule has 5 nitrogen and oxygen atoms in total. The molecule has 2 aromatic rings. The summed E-state index contributed by atoms with van der Waals surface area (Å²) in [5.41, 5.74) is 5.30. The van der Waals surface area contributed by atoms with Crippen molar-refractivity contribution >= 4 is 33.7 Å². The van der Waals surface area contributed by atoms with E-state index < -0.39 is 11.6 Å². The number of carboxylic acids is 1. The summed E-state index contributed by atoms with van der Waals surface area (Å²) in [7, 11) is 0. The van der Waals surface area contributed by atoms with Gasteiger partial charge in [0.25, 0.3) is 0 Å². The third-order valence-corrected chi connectivity index (χ3v) is 5.01. The Labute approximate surface area is 145 Å². The van der Waals surface area contributed by atoms with E-state index in [-0.39, 0.29) is 5.75 Å². The number of nitrogens with zero attached hydrogens (tertiary/aromatic N) is 2. The van der Waals surface area contributed by atoms with Crippen LogP contribution in [-0.4, -0.2) is 32.7 Å². The van der Waals surface area contributed by atoms with Crippen LogP contribution in [-0.2, 0) is 11.3 Å². The van der Waals surface area contributed by atoms with E-state index in [1.54, 1.807) is 0 Å². The zero-order valence-electron chi connectivity index (χ0n) is 14.0. The lowest BCUT2D eigenvalue weighted by Crippen LogP contribution is -2.45. The lowest BCUT2D eigenvalue weighted by Gasteiger charge is -2.29. The largest absolute Gasteiger partial charge is 0.481 e. The molecular weight excluding hydrogens is 322 g/mol. The molecule has 0 atom stereocenters. The number of carbonyl (C=O) groups is 1. The third-order valence-electron chi connectivity index (χ3n) is 4.16. The molecule has 6 heteroatoms. The summed E-state index contributed by atoms with van der Waals surface area (Å²) in [6.07, 6.45) is 0. The molecule has 0 saturated carbocycles. The van der Waals surface area contributed by atoms with Crippen LogP contribution in [0.5, 0.6) is 0 Å². The Hall–Kier alpha value is -2.05. The minimum Gasteiger partial charge on any atom is -0.481 e. The first kappa shape index (κ1) is 16.8. The lowest BCUT2D eigenvalue weighted by atomic mass is 10.00. The van der Waals surface area contributed by atoms with Gasteiger partial charge >= 0.3 is 5.97 Å². The Morgan fingerprint density at radius 2 is 1.96 bits per heavy atom. The van der Waals surface area contributed by atoms with E-state index in [2.05, 4.69) is 53.7 Å². The molecule has 0 aliphatic carbocycles. The normalized spacial score (nSPS) is 16.9. The molecule has 0 amide bonds. The van der Waals surface area contributed by atoms with Crippen LogP contribution in [0.1, 0.15) is 25.0 Å². The van der Waals surface area contributed by atoms with Crippen molar-refractivity contribution in [2.45, 2.75) is 33.0 Å². The van der Waals surface area contributed by atoms with Gasteiger partial charge in [0.05, 0.1) is 5.75 Å². The van der Waals surface area contributed by atoms with Gasteiger partial charge in [0.15, 0.2) is 5.17 Å². The van der Waals surface area contributed by atoms with E-state index >= 15 is 0 Å². The first-order valence-electron chi connectivity index (χ1n) is 7.83. The molecule has 0 aromatic heterocycles. The maximum Gasteiger partial charge on any atom is 0.313 e. The van der Waals surface area contributed by atoms with Crippen molar-refractivity contribution in [3.63, 3.8) is 0 Å². The van der Waals surface area contributed by atoms with Crippen molar-refractivity contribution in [2.24, 2.45) is 4.99 Å². The minimum atomic E-state index is -0.842. The van der Waals surface area contributed by atoms with Crippen LogP contribution in [0.4, 0.5) is 0 Å². The standard InChI is InChI=1S/C18H21N3O2S/c1-12-8-9-13(15-7-5-4-6-14(12)15)10-21-18(2,3)19-17(20-21)24-11-16(22)23/h4-9H,10-11H2,1-3H3,(H,19,20)(H,22,23). The summed E-state index contributed by atoms with van der Waals surface area (Å²) < 4.78 is 0. The topological polar surface area (TPSA) is 64.9 Å². The number of aliphatic carboxylic acids is 1. The number of benzene rings is 2. The van der Waals surface area contributed by atoms with Gasteiger partial charge in [-0.05, 0) is 42.7 Å². The Morgan fingerprint density at radius 3 is 2.67 bits per heavy atom. The molecule has 2 N–H and O–H groups in total. The molecule has 0 radical (unpaired) electrons. The predicted molar refractivity (Wildman–Crippen MR) is 99.0 cm³/mol. The first-order chi connectivity index (χ1) is 11.4. The van der Waals surface area contributed by atoms with E-state index in [0.717, 1.165) is 0 Å². The second kappa shape index (κ2) is 6.45. The fourth-order valence-corrected chi connectivity index (χ4v) is 3.56. The number of carboxylic acid groups (broad SMARTS) is 1. The van der Waals surface area contributed by atoms with E-state index in [4.69, 9.17) is 5.11 Å². The molecule has 126 valence electrons. The number of aliphatic imine (C=N–C) groups is 1. The molecule has 0 spiro atoms. The summed E-state index contributed by atoms with van der Waals surface area (Å²) in [4.78, 5) is 15.3. The summed E-state index contributed by atoms with van der Waals surface area (Å²) in [5, 5.41) is 14.0. The number of thioether (sulfide) groups is 1. The number of hydrogen-bond donors (Lipinski definition) is 2. The Morgan fingerprint density at radius 1 is 1.25 bits per heavy atom. The number of aryl methyl sites for hydroxylation is 1. The van der Waals surface area contributed by atoms with Gasteiger partial charge in [0, 0.05) is 6.54 Å². The van der Waals surface area contributed by atoms with E-state index in [0.29, 0.717) is 11.7 Å². The van der Waals surface area contributed by atoms with E-state index in [1.807, 2.05) is 18.9 Å². The highest BCUT2D eigenvalue weighted by Crippen LogP contribution is 2.28. The number of hydrogen-bond acceptors (Lipinski definition) is 5. The van der Waals surface area contributed by atoms with E-state index in [1.165, 1.54) is 33.7 Å². The fraction of sp³-hybridized carbons (Fsp3) is 0.333. The number of nitrogens with one attached hydrogen (secondary N) is 1. The van der Waals surface area contributed by atoms with Crippen LogP contribution in [0.2, 0.25) is 0 Å². The molecule has 1 aliphatic heterocycles. The Kier molecular flexibility index (Phi) is 4.51. The highest BCUT2D eigenvalue weighted by atomic mass is 32.2. The molecule has 0 fully saturated rings. The van der Waals surface area contributed by atoms with Gasteiger partial charge < -0.3 is 5.11 Å². The number of fused-ring (bicyclic) bond motifs is 1. The Balaban J connectivity index is 1.82. The van der Waals surface area contributed by atoms with Gasteiger partial charge in [-0.1, -0.05) is 48.2 Å². The molecule has 0 unspecified atom stereocenters. The average Bonchev–Trinajstić information content (AvgIpc) is 2.82. The number of hydrazine groups is 1. The zero-order valence-corrected chi connectivity index (χ0v) is 14.9. The quantitative estimate of drug-likeness (QED) is 0.891. The molecule has 1 heterocycles. The molecule has 0 bridgehead atoms. The van der Waals surface area contributed by atoms with Gasteiger partial charge in [0.1, 0.15) is 5.66 Å². The first-order valence-corrected chi connectivity index (χ1v) is 8.81. The van der Waals surface area contributed by atoms with Crippen molar-refractivity contribution in [1.29, 1.82) is 0 Å². The monoisotopic (exact) mass is 343 g/mol. The SMILES string of the molecule is Cc1ccc(CN2NC(SCC(=O)O)=NC2(C)C)c2ccccc12. The highest BCUT2D eigenvalue weighted by molar-refractivity contribution is 8.14. The molecule has 1 aliphatic rings. The predicted octanol–water partition coefficient (Wildman–Crippen LogP) is 3.38. The lowest BCUT2D eigenvalue weighted by molar-refractivity contribution is -0.133. The van der Waals surface area contributed by atoms with Crippen molar-refractivity contribution < 1.29 is 9.90 Å². The minimum absolute atomic E-state index is 0.00319. The van der Waals surface area contributed by atoms with Crippen LogP contribution < -0.4 is 5.43 Å². The average molecular weight is 343 g/mol. The maximum absolute atomic E-state index is 10.8. The third kappa shape index (κ3) is 3.39. The maximum atomic E-state index is 10.8. The van der Waals surface area contributed by atoms with Gasteiger partial charge in [-0.2, -0.15) is 5.01 Å². The van der Waals surface area contributed by atoms with Gasteiger partial charge in [-0.15, -0.1) is 0 Å². The van der Waals surface area contributed by atoms with Crippen LogP contribution >= 0.6 is 11.8 Å². The zero-order chi connectivity index (χ0) is 17.3. The van der Waals surface area contributed by atoms with Crippen molar-refractivity contribution in [2.75, 3.05) is 5.75 Å². The van der Waals surface area contributed by atoms with Gasteiger partial charge in [-0.25, -0.2) is 4.99 Å². The van der Waals surface area contributed by atoms with Crippen LogP contribution in [0.3, 0.4) is 0 Å². The summed E-state index contributed by atoms with van der Waals surface area (Å²) in [5.74, 6) is -0.839. The van der Waals surface area contributed by atoms with Crippen LogP contribution in [0, 0.1) is 6.92 Å². The Bertz CT molecular complexity index is 817. The summed E-state index contributed by atoms with van der Waals surface area (Å²) >= 11 is 1.21. The van der Waals surface area contributed by atoms with Crippen LogP contribution in [0.25, 0.3) is 10.8 Å². The van der Waals surface area contributed by atoms with E-state index in [9.17, 15) is 4.79 Å². The smallest absolute Gasteiger partial charge is 0.313 e. The number of amidine groups is 1. The highest BCUT2D eigenvalue weighted by Gasteiger charge is 2.34. The molecular formula is C18H21N3O2S.